The van der Waals surface area contributed by atoms with Gasteiger partial charge in [-0.05, 0) is 77.6 Å². The minimum absolute atomic E-state index is 0.294. The zero-order chi connectivity index (χ0) is 27.0. The lowest BCUT2D eigenvalue weighted by Gasteiger charge is -2.16. The first-order valence-corrected chi connectivity index (χ1v) is 13.9. The number of aliphatic carboxylic acids is 1. The minimum Gasteiger partial charge on any atom is -0.480 e. The van der Waals surface area contributed by atoms with E-state index in [2.05, 4.69) is 56.6 Å². The molecule has 0 aromatic heterocycles. The van der Waals surface area contributed by atoms with Crippen LogP contribution in [-0.2, 0) is 4.79 Å². The van der Waals surface area contributed by atoms with E-state index in [1.165, 1.54) is 28.5 Å². The van der Waals surface area contributed by atoms with Crippen LogP contribution in [0.25, 0.3) is 0 Å². The lowest BCUT2D eigenvalue weighted by Crippen LogP contribution is -2.42. The molecule has 0 fully saturated rings. The summed E-state index contributed by atoms with van der Waals surface area (Å²) in [6.07, 6.45) is 10.9. The molecule has 37 heavy (non-hydrogen) atoms. The molecule has 5 nitrogen and oxygen atoms in total. The highest BCUT2D eigenvalue weighted by Gasteiger charge is 2.22. The summed E-state index contributed by atoms with van der Waals surface area (Å²) in [6, 6.07) is 15.7. The largest absolute Gasteiger partial charge is 0.480 e. The van der Waals surface area contributed by atoms with E-state index in [9.17, 15) is 14.7 Å². The first-order chi connectivity index (χ1) is 17.8. The van der Waals surface area contributed by atoms with Crippen LogP contribution < -0.4 is 10.6 Å². The standard InChI is InChI=1S/C31H40N2O3S/c1-23(2)12-10-13-24(3)14-11-15-25(4)20-21-37-22-29(31(35)36)33-30(34)27-18-8-9-19-28(27)32-26-16-6-5-7-17-26/h5-9,12,14,16-20,29,32H,10-11,13,15,21-22H2,1-4H3,(H,33,34)(H,35,36)/b24-14+,25-20+/t29-/m0/s1. The van der Waals surface area contributed by atoms with E-state index >= 15 is 0 Å². The average molecular weight is 521 g/mol. The van der Waals surface area contributed by atoms with Gasteiger partial charge >= 0.3 is 5.97 Å². The summed E-state index contributed by atoms with van der Waals surface area (Å²) in [7, 11) is 0. The topological polar surface area (TPSA) is 78.4 Å². The van der Waals surface area contributed by atoms with Gasteiger partial charge in [-0.1, -0.05) is 65.3 Å². The lowest BCUT2D eigenvalue weighted by molar-refractivity contribution is -0.138. The van der Waals surface area contributed by atoms with Gasteiger partial charge in [-0.15, -0.1) is 0 Å². The molecule has 2 aromatic carbocycles. The second-order valence-electron chi connectivity index (χ2n) is 9.40. The number of benzene rings is 2. The maximum Gasteiger partial charge on any atom is 0.327 e. The molecule has 0 aliphatic carbocycles. The third kappa shape index (κ3) is 12.0. The summed E-state index contributed by atoms with van der Waals surface area (Å²) in [5.41, 5.74) is 5.95. The molecule has 0 spiro atoms. The molecule has 0 saturated heterocycles. The van der Waals surface area contributed by atoms with Crippen molar-refractivity contribution in [2.75, 3.05) is 16.8 Å². The third-order valence-electron chi connectivity index (χ3n) is 5.78. The van der Waals surface area contributed by atoms with Gasteiger partial charge in [0.2, 0.25) is 0 Å². The Balaban J connectivity index is 1.83. The maximum absolute atomic E-state index is 12.9. The van der Waals surface area contributed by atoms with Gasteiger partial charge in [0.15, 0.2) is 0 Å². The molecule has 1 atom stereocenters. The minimum atomic E-state index is -1.04. The van der Waals surface area contributed by atoms with E-state index in [-0.39, 0.29) is 0 Å². The molecule has 198 valence electrons. The SMILES string of the molecule is CC(C)=CCC/C(C)=C/CC/C(C)=C/CSC[C@H](NC(=O)c1ccccc1Nc1ccccc1)C(=O)O. The molecule has 0 heterocycles. The summed E-state index contributed by atoms with van der Waals surface area (Å²) >= 11 is 1.51. The molecule has 2 aromatic rings. The molecule has 1 amide bonds. The fourth-order valence-electron chi connectivity index (χ4n) is 3.60. The predicted molar refractivity (Wildman–Crippen MR) is 158 cm³/mol. The highest BCUT2D eigenvalue weighted by Crippen LogP contribution is 2.21. The van der Waals surface area contributed by atoms with E-state index < -0.39 is 17.9 Å². The van der Waals surface area contributed by atoms with Crippen molar-refractivity contribution in [2.45, 2.75) is 59.4 Å². The van der Waals surface area contributed by atoms with Gasteiger partial charge in [-0.3, -0.25) is 4.79 Å². The smallest absolute Gasteiger partial charge is 0.327 e. The van der Waals surface area contributed by atoms with Crippen LogP contribution in [0, 0.1) is 0 Å². The Bertz CT molecular complexity index is 1100. The van der Waals surface area contributed by atoms with Gasteiger partial charge < -0.3 is 15.7 Å². The number of allylic oxidation sites excluding steroid dienone is 5. The lowest BCUT2D eigenvalue weighted by atomic mass is 10.1. The Kier molecular flexibility index (Phi) is 13.4. The Morgan fingerprint density at radius 3 is 2.16 bits per heavy atom. The number of rotatable bonds is 15. The zero-order valence-electron chi connectivity index (χ0n) is 22.4. The Morgan fingerprint density at radius 1 is 0.865 bits per heavy atom. The molecule has 2 rings (SSSR count). The van der Waals surface area contributed by atoms with Crippen LogP contribution in [0.4, 0.5) is 11.4 Å². The first-order valence-electron chi connectivity index (χ1n) is 12.7. The van der Waals surface area contributed by atoms with Crippen molar-refractivity contribution < 1.29 is 14.7 Å². The number of carboxylic acid groups (broad SMARTS) is 1. The molecule has 0 radical (unpaired) electrons. The van der Waals surface area contributed by atoms with E-state index in [0.29, 0.717) is 22.8 Å². The van der Waals surface area contributed by atoms with E-state index in [4.69, 9.17) is 0 Å². The third-order valence-corrected chi connectivity index (χ3v) is 6.76. The van der Waals surface area contributed by atoms with Crippen molar-refractivity contribution in [1.82, 2.24) is 5.32 Å². The molecule has 6 heteroatoms. The van der Waals surface area contributed by atoms with Gasteiger partial charge in [-0.25, -0.2) is 4.79 Å². The van der Waals surface area contributed by atoms with Gasteiger partial charge in [0, 0.05) is 17.2 Å². The highest BCUT2D eigenvalue weighted by molar-refractivity contribution is 7.99. The number of carbonyl (C=O) groups is 2. The van der Waals surface area contributed by atoms with E-state index in [1.54, 1.807) is 18.2 Å². The maximum atomic E-state index is 12.9. The number of anilines is 2. The van der Waals surface area contributed by atoms with Crippen LogP contribution in [0.3, 0.4) is 0 Å². The Hall–Kier alpha value is -3.25. The van der Waals surface area contributed by atoms with Crippen molar-refractivity contribution in [2.24, 2.45) is 0 Å². The number of carbonyl (C=O) groups excluding carboxylic acids is 1. The van der Waals surface area contributed by atoms with Crippen LogP contribution >= 0.6 is 11.8 Å². The molecular formula is C31H40N2O3S. The number of para-hydroxylation sites is 2. The van der Waals surface area contributed by atoms with Gasteiger partial charge in [0.25, 0.3) is 5.91 Å². The molecule has 0 saturated carbocycles. The van der Waals surface area contributed by atoms with E-state index in [0.717, 1.165) is 31.4 Å². The van der Waals surface area contributed by atoms with Crippen LogP contribution in [0.5, 0.6) is 0 Å². The number of carboxylic acids is 1. The second-order valence-corrected chi connectivity index (χ2v) is 10.5. The van der Waals surface area contributed by atoms with E-state index in [1.807, 2.05) is 36.4 Å². The zero-order valence-corrected chi connectivity index (χ0v) is 23.2. The number of thioether (sulfide) groups is 1. The second kappa shape index (κ2) is 16.5. The van der Waals surface area contributed by atoms with Crippen LogP contribution in [-0.4, -0.2) is 34.5 Å². The molecule has 0 bridgehead atoms. The molecule has 3 N–H and O–H groups in total. The summed E-state index contributed by atoms with van der Waals surface area (Å²) in [5, 5.41) is 15.6. The fraction of sp³-hybridized carbons (Fsp3) is 0.355. The summed E-state index contributed by atoms with van der Waals surface area (Å²) < 4.78 is 0. The summed E-state index contributed by atoms with van der Waals surface area (Å²) in [5.74, 6) is -0.446. The van der Waals surface area contributed by atoms with Crippen LogP contribution in [0.15, 0.2) is 89.5 Å². The van der Waals surface area contributed by atoms with Crippen molar-refractivity contribution >= 4 is 35.0 Å². The number of hydrogen-bond acceptors (Lipinski definition) is 4. The summed E-state index contributed by atoms with van der Waals surface area (Å²) in [4.78, 5) is 24.8. The quantitative estimate of drug-likeness (QED) is 0.165. The van der Waals surface area contributed by atoms with Gasteiger partial charge in [-0.2, -0.15) is 11.8 Å². The fourth-order valence-corrected chi connectivity index (χ4v) is 4.60. The first kappa shape index (κ1) is 30.0. The molecule has 0 aliphatic rings. The summed E-state index contributed by atoms with van der Waals surface area (Å²) in [6.45, 7) is 8.55. The monoisotopic (exact) mass is 520 g/mol. The highest BCUT2D eigenvalue weighted by atomic mass is 32.2. The van der Waals surface area contributed by atoms with Crippen molar-refractivity contribution in [1.29, 1.82) is 0 Å². The number of hydrogen-bond donors (Lipinski definition) is 3. The van der Waals surface area contributed by atoms with Crippen molar-refractivity contribution in [3.8, 4) is 0 Å². The number of amides is 1. The van der Waals surface area contributed by atoms with Crippen molar-refractivity contribution in [3.05, 3.63) is 95.1 Å². The molecule has 0 aliphatic heterocycles. The van der Waals surface area contributed by atoms with Crippen molar-refractivity contribution in [3.63, 3.8) is 0 Å². The van der Waals surface area contributed by atoms with Crippen LogP contribution in [0.1, 0.15) is 63.7 Å². The molecule has 0 unspecified atom stereocenters. The predicted octanol–water partition coefficient (Wildman–Crippen LogP) is 7.77. The van der Waals surface area contributed by atoms with Gasteiger partial charge in [0.05, 0.1) is 11.3 Å². The van der Waals surface area contributed by atoms with Gasteiger partial charge in [0.1, 0.15) is 6.04 Å². The molecular weight excluding hydrogens is 480 g/mol. The Morgan fingerprint density at radius 2 is 1.49 bits per heavy atom. The Labute approximate surface area is 226 Å². The number of nitrogens with one attached hydrogen (secondary N) is 2. The van der Waals surface area contributed by atoms with Crippen LogP contribution in [0.2, 0.25) is 0 Å². The average Bonchev–Trinajstić information content (AvgIpc) is 2.86. The normalized spacial score (nSPS) is 12.5.